The fraction of sp³-hybridized carbons (Fsp3) is 0.643. The highest BCUT2D eigenvalue weighted by atomic mass is 32.1. The van der Waals surface area contributed by atoms with Gasteiger partial charge in [0.05, 0.1) is 17.2 Å². The number of piperazine rings is 1. The Kier molecular flexibility index (Phi) is 3.50. The third kappa shape index (κ3) is 2.44. The van der Waals surface area contributed by atoms with Gasteiger partial charge in [0, 0.05) is 5.38 Å². The van der Waals surface area contributed by atoms with E-state index in [4.69, 9.17) is 0 Å². The smallest absolute Gasteiger partial charge is 0.249 e. The number of thiazole rings is 1. The molecular formula is C14H19N3O2S. The lowest BCUT2D eigenvalue weighted by Crippen LogP contribution is -2.66. The third-order valence-corrected chi connectivity index (χ3v) is 4.96. The molecule has 2 heterocycles. The second kappa shape index (κ2) is 5.16. The lowest BCUT2D eigenvalue weighted by atomic mass is 9.79. The van der Waals surface area contributed by atoms with Crippen LogP contribution in [0.4, 0.5) is 0 Å². The summed E-state index contributed by atoms with van der Waals surface area (Å²) in [5.74, 6) is 0.0286. The Morgan fingerprint density at radius 3 is 2.75 bits per heavy atom. The predicted octanol–water partition coefficient (Wildman–Crippen LogP) is 1.61. The Morgan fingerprint density at radius 2 is 2.10 bits per heavy atom. The summed E-state index contributed by atoms with van der Waals surface area (Å²) in [4.78, 5) is 30.8. The van der Waals surface area contributed by atoms with Crippen molar-refractivity contribution < 1.29 is 9.59 Å². The molecular weight excluding hydrogens is 274 g/mol. The Bertz CT molecular complexity index is 534. The molecule has 6 heteroatoms. The number of rotatable bonds is 2. The van der Waals surface area contributed by atoms with Gasteiger partial charge in [0.25, 0.3) is 0 Å². The highest BCUT2D eigenvalue weighted by Gasteiger charge is 2.46. The zero-order valence-corrected chi connectivity index (χ0v) is 12.5. The van der Waals surface area contributed by atoms with Gasteiger partial charge in [0.2, 0.25) is 11.8 Å². The molecule has 1 saturated carbocycles. The summed E-state index contributed by atoms with van der Waals surface area (Å²) in [6, 6.07) is 0. The SMILES string of the molecule is Cc1nc(CN2CC(=O)NC3(CCCCC3)C2=O)cs1. The number of nitrogens with one attached hydrogen (secondary N) is 1. The van der Waals surface area contributed by atoms with Crippen LogP contribution in [0.15, 0.2) is 5.38 Å². The number of aryl methyl sites for hydroxylation is 1. The second-order valence-electron chi connectivity index (χ2n) is 5.71. The van der Waals surface area contributed by atoms with Crippen LogP contribution in [-0.2, 0) is 16.1 Å². The quantitative estimate of drug-likeness (QED) is 0.901. The first-order valence-electron chi connectivity index (χ1n) is 7.10. The highest BCUT2D eigenvalue weighted by Crippen LogP contribution is 2.32. The summed E-state index contributed by atoms with van der Waals surface area (Å²) < 4.78 is 0. The van der Waals surface area contributed by atoms with Gasteiger partial charge in [-0.2, -0.15) is 0 Å². The lowest BCUT2D eigenvalue weighted by Gasteiger charge is -2.43. The molecule has 1 aliphatic heterocycles. The number of carbonyl (C=O) groups excluding carboxylic acids is 2. The second-order valence-corrected chi connectivity index (χ2v) is 6.77. The van der Waals surface area contributed by atoms with Crippen LogP contribution < -0.4 is 5.32 Å². The van der Waals surface area contributed by atoms with Gasteiger partial charge in [0.15, 0.2) is 0 Å². The van der Waals surface area contributed by atoms with Crippen LogP contribution in [-0.4, -0.2) is 33.8 Å². The Balaban J connectivity index is 1.80. The van der Waals surface area contributed by atoms with Gasteiger partial charge in [-0.05, 0) is 19.8 Å². The monoisotopic (exact) mass is 293 g/mol. The van der Waals surface area contributed by atoms with Gasteiger partial charge in [-0.1, -0.05) is 19.3 Å². The number of hydrogen-bond donors (Lipinski definition) is 1. The largest absolute Gasteiger partial charge is 0.340 e. The van der Waals surface area contributed by atoms with Crippen molar-refractivity contribution in [1.82, 2.24) is 15.2 Å². The van der Waals surface area contributed by atoms with Crippen molar-refractivity contribution in [3.05, 3.63) is 16.1 Å². The molecule has 1 aromatic rings. The van der Waals surface area contributed by atoms with E-state index in [0.717, 1.165) is 42.8 Å². The normalized spacial score (nSPS) is 22.1. The molecule has 2 fully saturated rings. The maximum atomic E-state index is 12.7. The van der Waals surface area contributed by atoms with E-state index in [1.54, 1.807) is 16.2 Å². The van der Waals surface area contributed by atoms with Crippen molar-refractivity contribution >= 4 is 23.2 Å². The van der Waals surface area contributed by atoms with Crippen LogP contribution in [0, 0.1) is 6.92 Å². The van der Waals surface area contributed by atoms with Crippen LogP contribution in [0.2, 0.25) is 0 Å². The van der Waals surface area contributed by atoms with Gasteiger partial charge in [0.1, 0.15) is 12.1 Å². The predicted molar refractivity (Wildman–Crippen MR) is 76.2 cm³/mol. The first-order valence-corrected chi connectivity index (χ1v) is 7.98. The topological polar surface area (TPSA) is 62.3 Å². The Morgan fingerprint density at radius 1 is 1.35 bits per heavy atom. The number of carbonyl (C=O) groups is 2. The van der Waals surface area contributed by atoms with Gasteiger partial charge in [-0.3, -0.25) is 9.59 Å². The van der Waals surface area contributed by atoms with Crippen molar-refractivity contribution in [2.45, 2.75) is 51.1 Å². The fourth-order valence-electron chi connectivity index (χ4n) is 3.21. The number of hydrogen-bond acceptors (Lipinski definition) is 4. The van der Waals surface area contributed by atoms with Crippen molar-refractivity contribution in [3.8, 4) is 0 Å². The van der Waals surface area contributed by atoms with E-state index in [0.29, 0.717) is 6.54 Å². The molecule has 1 spiro atoms. The number of amides is 2. The van der Waals surface area contributed by atoms with Crippen molar-refractivity contribution in [3.63, 3.8) is 0 Å². The van der Waals surface area contributed by atoms with Crippen LogP contribution >= 0.6 is 11.3 Å². The molecule has 20 heavy (non-hydrogen) atoms. The summed E-state index contributed by atoms with van der Waals surface area (Å²) in [6.45, 7) is 2.54. The number of nitrogens with zero attached hydrogens (tertiary/aromatic N) is 2. The number of aromatic nitrogens is 1. The third-order valence-electron chi connectivity index (χ3n) is 4.14. The molecule has 0 atom stereocenters. The van der Waals surface area contributed by atoms with E-state index in [9.17, 15) is 9.59 Å². The van der Waals surface area contributed by atoms with Gasteiger partial charge in [-0.25, -0.2) is 4.98 Å². The molecule has 3 rings (SSSR count). The Hall–Kier alpha value is -1.43. The van der Waals surface area contributed by atoms with Gasteiger partial charge >= 0.3 is 0 Å². The highest BCUT2D eigenvalue weighted by molar-refractivity contribution is 7.09. The molecule has 5 nitrogen and oxygen atoms in total. The zero-order valence-electron chi connectivity index (χ0n) is 11.6. The molecule has 2 aliphatic rings. The first-order chi connectivity index (χ1) is 9.59. The average Bonchev–Trinajstić information content (AvgIpc) is 2.82. The summed E-state index contributed by atoms with van der Waals surface area (Å²) in [5.41, 5.74) is 0.236. The maximum absolute atomic E-state index is 12.7. The minimum absolute atomic E-state index is 0.0431. The summed E-state index contributed by atoms with van der Waals surface area (Å²) >= 11 is 1.57. The maximum Gasteiger partial charge on any atom is 0.249 e. The summed E-state index contributed by atoms with van der Waals surface area (Å²) in [6.07, 6.45) is 4.70. The zero-order chi connectivity index (χ0) is 14.2. The van der Waals surface area contributed by atoms with Crippen LogP contribution in [0.3, 0.4) is 0 Å². The molecule has 0 bridgehead atoms. The minimum atomic E-state index is -0.640. The van der Waals surface area contributed by atoms with E-state index >= 15 is 0 Å². The van der Waals surface area contributed by atoms with E-state index in [2.05, 4.69) is 10.3 Å². The molecule has 1 N–H and O–H groups in total. The average molecular weight is 293 g/mol. The molecule has 1 aromatic heterocycles. The minimum Gasteiger partial charge on any atom is -0.340 e. The van der Waals surface area contributed by atoms with Crippen LogP contribution in [0.5, 0.6) is 0 Å². The van der Waals surface area contributed by atoms with Gasteiger partial charge in [-0.15, -0.1) is 11.3 Å². The van der Waals surface area contributed by atoms with Crippen molar-refractivity contribution in [2.24, 2.45) is 0 Å². The van der Waals surface area contributed by atoms with E-state index in [-0.39, 0.29) is 18.4 Å². The van der Waals surface area contributed by atoms with E-state index in [1.165, 1.54) is 0 Å². The molecule has 108 valence electrons. The summed E-state index contributed by atoms with van der Waals surface area (Å²) in [7, 11) is 0. The fourth-order valence-corrected chi connectivity index (χ4v) is 3.81. The lowest BCUT2D eigenvalue weighted by molar-refractivity contribution is -0.152. The van der Waals surface area contributed by atoms with Gasteiger partial charge < -0.3 is 10.2 Å². The van der Waals surface area contributed by atoms with Crippen LogP contribution in [0.1, 0.15) is 42.8 Å². The molecule has 2 amide bonds. The Labute approximate surface area is 122 Å². The first kappa shape index (κ1) is 13.5. The molecule has 1 aliphatic carbocycles. The van der Waals surface area contributed by atoms with Crippen molar-refractivity contribution in [1.29, 1.82) is 0 Å². The molecule has 1 saturated heterocycles. The summed E-state index contributed by atoms with van der Waals surface area (Å²) in [5, 5.41) is 5.90. The van der Waals surface area contributed by atoms with E-state index in [1.807, 2.05) is 12.3 Å². The molecule has 0 unspecified atom stereocenters. The standard InChI is InChI=1S/C14H19N3O2S/c1-10-15-11(9-20-10)7-17-8-12(18)16-14(13(17)19)5-3-2-4-6-14/h9H,2-8H2,1H3,(H,16,18). The van der Waals surface area contributed by atoms with E-state index < -0.39 is 5.54 Å². The van der Waals surface area contributed by atoms with Crippen LogP contribution in [0.25, 0.3) is 0 Å². The molecule has 0 aromatic carbocycles. The van der Waals surface area contributed by atoms with Crippen molar-refractivity contribution in [2.75, 3.05) is 6.54 Å². The molecule has 0 radical (unpaired) electrons.